The Kier molecular flexibility index (Phi) is 4.71. The van der Waals surface area contributed by atoms with Gasteiger partial charge in [0.2, 0.25) is 0 Å². The number of aromatic nitrogens is 2. The molecule has 4 rings (SSSR count). The van der Waals surface area contributed by atoms with Crippen LogP contribution in [0.15, 0.2) is 42.0 Å². The van der Waals surface area contributed by atoms with Gasteiger partial charge in [-0.15, -0.1) is 11.3 Å². The molecule has 1 amide bonds. The van der Waals surface area contributed by atoms with Gasteiger partial charge in [0.15, 0.2) is 5.13 Å². The summed E-state index contributed by atoms with van der Waals surface area (Å²) in [6.45, 7) is 1.82. The van der Waals surface area contributed by atoms with Crippen molar-refractivity contribution in [1.82, 2.24) is 15.3 Å². The molecule has 2 aromatic heterocycles. The van der Waals surface area contributed by atoms with E-state index in [1.807, 2.05) is 35.8 Å². The van der Waals surface area contributed by atoms with E-state index in [1.165, 1.54) is 0 Å². The number of hydrogen-bond acceptors (Lipinski definition) is 6. The van der Waals surface area contributed by atoms with Crippen LogP contribution in [0.1, 0.15) is 23.2 Å². The molecular weight excluding hydrogens is 348 g/mol. The third-order valence-corrected chi connectivity index (χ3v) is 5.51. The molecule has 0 bridgehead atoms. The second kappa shape index (κ2) is 7.29. The third kappa shape index (κ3) is 3.48. The molecule has 1 fully saturated rings. The van der Waals surface area contributed by atoms with E-state index >= 15 is 0 Å². The lowest BCUT2D eigenvalue weighted by Crippen LogP contribution is -2.44. The highest BCUT2D eigenvalue weighted by atomic mass is 32.1. The number of piperidine rings is 1. The van der Waals surface area contributed by atoms with Crippen molar-refractivity contribution in [2.45, 2.75) is 18.9 Å². The molecule has 0 spiro atoms. The highest BCUT2D eigenvalue weighted by Gasteiger charge is 2.22. The Hall–Kier alpha value is -2.67. The molecule has 134 valence electrons. The number of nitrogens with zero attached hydrogens (tertiary/aromatic N) is 3. The number of benzene rings is 1. The zero-order valence-corrected chi connectivity index (χ0v) is 15.3. The number of hydrogen-bond donors (Lipinski definition) is 1. The van der Waals surface area contributed by atoms with Crippen LogP contribution in [-0.2, 0) is 0 Å². The summed E-state index contributed by atoms with van der Waals surface area (Å²) >= 11 is 1.66. The molecule has 7 heteroatoms. The Balaban J connectivity index is 1.40. The van der Waals surface area contributed by atoms with Crippen LogP contribution in [-0.4, -0.2) is 42.1 Å². The summed E-state index contributed by atoms with van der Waals surface area (Å²) < 4.78 is 5.21. The van der Waals surface area contributed by atoms with E-state index in [0.29, 0.717) is 5.56 Å². The minimum Gasteiger partial charge on any atom is -0.497 e. The summed E-state index contributed by atoms with van der Waals surface area (Å²) in [5, 5.41) is 7.12. The fourth-order valence-corrected chi connectivity index (χ4v) is 3.91. The van der Waals surface area contributed by atoms with Gasteiger partial charge in [-0.2, -0.15) is 0 Å². The van der Waals surface area contributed by atoms with Gasteiger partial charge in [0.05, 0.1) is 18.2 Å². The lowest BCUT2D eigenvalue weighted by Gasteiger charge is -2.32. The number of pyridine rings is 1. The van der Waals surface area contributed by atoms with E-state index in [2.05, 4.69) is 20.2 Å². The second-order valence-electron chi connectivity index (χ2n) is 6.33. The number of carbonyl (C=O) groups excluding carboxylic acids is 1. The first-order valence-corrected chi connectivity index (χ1v) is 9.50. The summed E-state index contributed by atoms with van der Waals surface area (Å²) in [5.41, 5.74) is 1.41. The number of nitrogens with one attached hydrogen (secondary N) is 1. The first kappa shape index (κ1) is 16.8. The molecule has 3 heterocycles. The SMILES string of the molecule is COc1ccc2cc(C(=O)NC3CCN(c4nccs4)CC3)cnc2c1. The van der Waals surface area contributed by atoms with Gasteiger partial charge in [0, 0.05) is 48.4 Å². The van der Waals surface area contributed by atoms with Crippen LogP contribution >= 0.6 is 11.3 Å². The number of ether oxygens (including phenoxy) is 1. The molecule has 1 saturated heterocycles. The summed E-state index contributed by atoms with van der Waals surface area (Å²) in [7, 11) is 1.63. The van der Waals surface area contributed by atoms with Crippen molar-refractivity contribution in [3.63, 3.8) is 0 Å². The summed E-state index contributed by atoms with van der Waals surface area (Å²) in [6.07, 6.45) is 5.30. The zero-order valence-electron chi connectivity index (χ0n) is 14.5. The van der Waals surface area contributed by atoms with E-state index in [4.69, 9.17) is 4.74 Å². The predicted octanol–water partition coefficient (Wildman–Crippen LogP) is 3.10. The Morgan fingerprint density at radius 1 is 1.27 bits per heavy atom. The monoisotopic (exact) mass is 368 g/mol. The quantitative estimate of drug-likeness (QED) is 0.766. The Bertz CT molecular complexity index is 905. The molecule has 0 aliphatic carbocycles. The van der Waals surface area contributed by atoms with Crippen LogP contribution in [0.5, 0.6) is 5.75 Å². The van der Waals surface area contributed by atoms with Gasteiger partial charge in [-0.05, 0) is 31.0 Å². The van der Waals surface area contributed by atoms with Crippen LogP contribution in [0.3, 0.4) is 0 Å². The van der Waals surface area contributed by atoms with Crippen LogP contribution in [0.25, 0.3) is 10.9 Å². The van der Waals surface area contributed by atoms with Crippen LogP contribution in [0, 0.1) is 0 Å². The highest BCUT2D eigenvalue weighted by Crippen LogP contribution is 2.23. The standard InChI is InChI=1S/C19H20N4O2S/c1-25-16-3-2-13-10-14(12-21-17(13)11-16)18(24)22-15-4-7-23(8-5-15)19-20-6-9-26-19/h2-3,6,9-12,15H,4-5,7-8H2,1H3,(H,22,24). The van der Waals surface area contributed by atoms with E-state index < -0.39 is 0 Å². The number of amides is 1. The fraction of sp³-hybridized carbons (Fsp3) is 0.316. The Labute approximate surface area is 155 Å². The first-order valence-electron chi connectivity index (χ1n) is 8.62. The third-order valence-electron chi connectivity index (χ3n) is 4.67. The van der Waals surface area contributed by atoms with E-state index in [1.54, 1.807) is 24.6 Å². The van der Waals surface area contributed by atoms with Crippen molar-refractivity contribution in [1.29, 1.82) is 0 Å². The number of methoxy groups -OCH3 is 1. The first-order chi connectivity index (χ1) is 12.7. The van der Waals surface area contributed by atoms with Gasteiger partial charge in [0.25, 0.3) is 5.91 Å². The lowest BCUT2D eigenvalue weighted by molar-refractivity contribution is 0.0931. The average Bonchev–Trinajstić information content (AvgIpc) is 3.22. The van der Waals surface area contributed by atoms with Crippen LogP contribution in [0.2, 0.25) is 0 Å². The molecule has 1 aliphatic heterocycles. The average molecular weight is 368 g/mol. The maximum absolute atomic E-state index is 12.6. The van der Waals surface area contributed by atoms with E-state index in [0.717, 1.165) is 47.7 Å². The molecule has 6 nitrogen and oxygen atoms in total. The van der Waals surface area contributed by atoms with Crippen molar-refractivity contribution in [2.75, 3.05) is 25.1 Å². The maximum Gasteiger partial charge on any atom is 0.253 e. The van der Waals surface area contributed by atoms with Gasteiger partial charge in [-0.1, -0.05) is 0 Å². The number of carbonyl (C=O) groups is 1. The van der Waals surface area contributed by atoms with Gasteiger partial charge < -0.3 is 15.0 Å². The van der Waals surface area contributed by atoms with Gasteiger partial charge in [-0.3, -0.25) is 9.78 Å². The molecule has 0 saturated carbocycles. The molecule has 0 unspecified atom stereocenters. The molecule has 3 aromatic rings. The molecular formula is C19H20N4O2S. The lowest BCUT2D eigenvalue weighted by atomic mass is 10.0. The fourth-order valence-electron chi connectivity index (χ4n) is 3.21. The van der Waals surface area contributed by atoms with E-state index in [9.17, 15) is 4.79 Å². The van der Waals surface area contributed by atoms with Crippen LogP contribution < -0.4 is 15.0 Å². The molecule has 1 aromatic carbocycles. The zero-order chi connectivity index (χ0) is 17.9. The summed E-state index contributed by atoms with van der Waals surface area (Å²) in [6, 6.07) is 7.72. The molecule has 1 N–H and O–H groups in total. The minimum atomic E-state index is -0.0667. The van der Waals surface area contributed by atoms with Crippen molar-refractivity contribution in [3.05, 3.63) is 47.6 Å². The second-order valence-corrected chi connectivity index (χ2v) is 7.21. The van der Waals surface area contributed by atoms with Crippen molar-refractivity contribution >= 4 is 33.3 Å². The van der Waals surface area contributed by atoms with Crippen molar-refractivity contribution in [2.24, 2.45) is 0 Å². The van der Waals surface area contributed by atoms with Crippen molar-refractivity contribution in [3.8, 4) is 5.75 Å². The number of anilines is 1. The molecule has 26 heavy (non-hydrogen) atoms. The van der Waals surface area contributed by atoms with Gasteiger partial charge in [-0.25, -0.2) is 4.98 Å². The normalized spacial score (nSPS) is 15.2. The largest absolute Gasteiger partial charge is 0.497 e. The molecule has 0 atom stereocenters. The number of thiazole rings is 1. The van der Waals surface area contributed by atoms with Crippen LogP contribution in [0.4, 0.5) is 5.13 Å². The molecule has 0 radical (unpaired) electrons. The smallest absolute Gasteiger partial charge is 0.253 e. The van der Waals surface area contributed by atoms with E-state index in [-0.39, 0.29) is 11.9 Å². The maximum atomic E-state index is 12.6. The number of fused-ring (bicyclic) bond motifs is 1. The minimum absolute atomic E-state index is 0.0667. The number of rotatable bonds is 4. The van der Waals surface area contributed by atoms with Crippen molar-refractivity contribution < 1.29 is 9.53 Å². The Morgan fingerprint density at radius 3 is 2.85 bits per heavy atom. The predicted molar refractivity (Wildman–Crippen MR) is 103 cm³/mol. The highest BCUT2D eigenvalue weighted by molar-refractivity contribution is 7.13. The Morgan fingerprint density at radius 2 is 2.12 bits per heavy atom. The summed E-state index contributed by atoms with van der Waals surface area (Å²) in [5.74, 6) is 0.692. The topological polar surface area (TPSA) is 67.3 Å². The van der Waals surface area contributed by atoms with Gasteiger partial charge in [0.1, 0.15) is 5.75 Å². The van der Waals surface area contributed by atoms with Gasteiger partial charge >= 0.3 is 0 Å². The summed E-state index contributed by atoms with van der Waals surface area (Å²) in [4.78, 5) is 23.6. The molecule has 1 aliphatic rings.